The van der Waals surface area contributed by atoms with Crippen molar-refractivity contribution in [1.29, 1.82) is 0 Å². The molecule has 1 fully saturated rings. The van der Waals surface area contributed by atoms with Crippen molar-refractivity contribution < 1.29 is 43.9 Å². The van der Waals surface area contributed by atoms with E-state index in [1.54, 1.807) is 0 Å². The first-order chi connectivity index (χ1) is 8.33. The molecule has 1 aliphatic rings. The van der Waals surface area contributed by atoms with E-state index < -0.39 is 30.4 Å². The average molecular weight is 264 g/mol. The Kier molecular flexibility index (Phi) is 4.18. The van der Waals surface area contributed by atoms with E-state index in [-0.39, 0.29) is 25.7 Å². The Morgan fingerprint density at radius 2 is 1.33 bits per heavy atom. The van der Waals surface area contributed by atoms with Gasteiger partial charge in [-0.05, 0) is 12.8 Å². The second-order valence-corrected chi connectivity index (χ2v) is 3.73. The molecule has 0 aromatic carbocycles. The number of hydrogen-bond acceptors (Lipinski definition) is 6. The second-order valence-electron chi connectivity index (χ2n) is 3.73. The summed E-state index contributed by atoms with van der Waals surface area (Å²) in [5, 5.41) is 25.5. The summed E-state index contributed by atoms with van der Waals surface area (Å²) in [6.45, 7) is 0. The normalized spacial score (nSPS) is 18.7. The summed E-state index contributed by atoms with van der Waals surface area (Å²) in [6.07, 6.45) is -5.33. The summed E-state index contributed by atoms with van der Waals surface area (Å²) in [7, 11) is 0. The largest absolute Gasteiger partial charge is 0.509 e. The van der Waals surface area contributed by atoms with Gasteiger partial charge in [-0.25, -0.2) is 14.4 Å². The van der Waals surface area contributed by atoms with Gasteiger partial charge < -0.3 is 29.5 Å². The fraction of sp³-hybridized carbons (Fsp3) is 0.667. The lowest BCUT2D eigenvalue weighted by molar-refractivity contribution is -0.208. The van der Waals surface area contributed by atoms with E-state index in [9.17, 15) is 14.4 Å². The van der Waals surface area contributed by atoms with E-state index in [1.807, 2.05) is 0 Å². The van der Waals surface area contributed by atoms with Gasteiger partial charge >= 0.3 is 18.5 Å². The summed E-state index contributed by atoms with van der Waals surface area (Å²) in [5.41, 5.74) is 0. The molecule has 0 heterocycles. The topological polar surface area (TPSA) is 140 Å². The van der Waals surface area contributed by atoms with Crippen LogP contribution >= 0.6 is 0 Å². The summed E-state index contributed by atoms with van der Waals surface area (Å²) >= 11 is 0. The first-order valence-electron chi connectivity index (χ1n) is 5.06. The summed E-state index contributed by atoms with van der Waals surface area (Å²) in [6, 6.07) is 0. The van der Waals surface area contributed by atoms with Crippen LogP contribution in [0.4, 0.5) is 14.4 Å². The zero-order valence-electron chi connectivity index (χ0n) is 9.20. The molecule has 1 rings (SSSR count). The van der Waals surface area contributed by atoms with Crippen molar-refractivity contribution in [3.63, 3.8) is 0 Å². The van der Waals surface area contributed by atoms with Gasteiger partial charge in [-0.3, -0.25) is 0 Å². The lowest BCUT2D eigenvalue weighted by Gasteiger charge is -2.35. The quantitative estimate of drug-likeness (QED) is 0.513. The average Bonchev–Trinajstić information content (AvgIpc) is 2.19. The van der Waals surface area contributed by atoms with Crippen molar-refractivity contribution in [3.05, 3.63) is 0 Å². The van der Waals surface area contributed by atoms with E-state index in [0.29, 0.717) is 0 Å². The van der Waals surface area contributed by atoms with E-state index in [4.69, 9.17) is 15.3 Å². The maximum Gasteiger partial charge on any atom is 0.509 e. The van der Waals surface area contributed by atoms with Gasteiger partial charge in [0.15, 0.2) is 0 Å². The van der Waals surface area contributed by atoms with Crippen molar-refractivity contribution in [2.24, 2.45) is 0 Å². The van der Waals surface area contributed by atoms with E-state index in [1.165, 1.54) is 0 Å². The van der Waals surface area contributed by atoms with Gasteiger partial charge in [0, 0.05) is 12.8 Å². The van der Waals surface area contributed by atoms with Crippen LogP contribution in [0.1, 0.15) is 25.7 Å². The van der Waals surface area contributed by atoms with Crippen molar-refractivity contribution in [1.82, 2.24) is 0 Å². The highest BCUT2D eigenvalue weighted by atomic mass is 16.8. The highest BCUT2D eigenvalue weighted by molar-refractivity contribution is 5.60. The molecule has 1 saturated carbocycles. The molecule has 0 spiro atoms. The highest BCUT2D eigenvalue weighted by Gasteiger charge is 2.43. The van der Waals surface area contributed by atoms with E-state index >= 15 is 0 Å². The molecule has 3 N–H and O–H groups in total. The number of ether oxygens (including phenoxy) is 3. The van der Waals surface area contributed by atoms with Crippen LogP contribution < -0.4 is 0 Å². The van der Waals surface area contributed by atoms with Crippen molar-refractivity contribution >= 4 is 18.5 Å². The highest BCUT2D eigenvalue weighted by Crippen LogP contribution is 2.34. The monoisotopic (exact) mass is 264 g/mol. The molecule has 0 radical (unpaired) electrons. The molecule has 9 nitrogen and oxygen atoms in total. The molecule has 1 aliphatic carbocycles. The van der Waals surface area contributed by atoms with Gasteiger partial charge in [0.05, 0.1) is 0 Å². The predicted molar refractivity (Wildman–Crippen MR) is 52.3 cm³/mol. The van der Waals surface area contributed by atoms with Crippen molar-refractivity contribution in [2.75, 3.05) is 0 Å². The number of rotatable bonds is 3. The van der Waals surface area contributed by atoms with Crippen LogP contribution in [0.5, 0.6) is 0 Å². The molecular weight excluding hydrogens is 252 g/mol. The smallest absolute Gasteiger partial charge is 0.450 e. The molecule has 102 valence electrons. The number of carboxylic acid groups (broad SMARTS) is 3. The second kappa shape index (κ2) is 5.43. The molecule has 9 heteroatoms. The summed E-state index contributed by atoms with van der Waals surface area (Å²) in [4.78, 5) is 31.3. The van der Waals surface area contributed by atoms with E-state index in [2.05, 4.69) is 14.2 Å². The molecule has 0 bridgehead atoms. The third kappa shape index (κ3) is 4.00. The SMILES string of the molecule is O=C(O)OC1CCC(OC(=O)O)(OC(=O)O)CC1. The lowest BCUT2D eigenvalue weighted by Crippen LogP contribution is -2.44. The fourth-order valence-corrected chi connectivity index (χ4v) is 1.83. The van der Waals surface area contributed by atoms with Gasteiger partial charge in [-0.1, -0.05) is 0 Å². The van der Waals surface area contributed by atoms with Gasteiger partial charge in [0.1, 0.15) is 6.10 Å². The Morgan fingerprint density at radius 1 is 0.889 bits per heavy atom. The fourth-order valence-electron chi connectivity index (χ4n) is 1.83. The Bertz CT molecular complexity index is 324. The molecule has 0 aliphatic heterocycles. The minimum absolute atomic E-state index is 0.0937. The molecule has 0 aromatic rings. The minimum atomic E-state index is -1.78. The third-order valence-corrected chi connectivity index (χ3v) is 2.51. The molecule has 0 amide bonds. The molecular formula is C9H12O9. The standard InChI is InChI=1S/C9H12O9/c10-6(11)16-5-1-3-9(4-2-5,17-7(12)13)18-8(14)15/h5H,1-4H2,(H,10,11)(H,12,13)(H,14,15). The third-order valence-electron chi connectivity index (χ3n) is 2.51. The Labute approximate surface area is 101 Å². The lowest BCUT2D eigenvalue weighted by atomic mass is 9.91. The number of hydrogen-bond donors (Lipinski definition) is 3. The van der Waals surface area contributed by atoms with Gasteiger partial charge in [-0.15, -0.1) is 0 Å². The Morgan fingerprint density at radius 3 is 1.67 bits per heavy atom. The van der Waals surface area contributed by atoms with Crippen LogP contribution in [0, 0.1) is 0 Å². The van der Waals surface area contributed by atoms with Crippen molar-refractivity contribution in [3.8, 4) is 0 Å². The molecule has 0 aromatic heterocycles. The van der Waals surface area contributed by atoms with E-state index in [0.717, 1.165) is 0 Å². The van der Waals surface area contributed by atoms with Crippen LogP contribution in [0.2, 0.25) is 0 Å². The molecule has 0 saturated heterocycles. The van der Waals surface area contributed by atoms with Crippen molar-refractivity contribution in [2.45, 2.75) is 37.6 Å². The number of carbonyl (C=O) groups is 3. The van der Waals surface area contributed by atoms with Crippen LogP contribution in [0.15, 0.2) is 0 Å². The zero-order valence-corrected chi connectivity index (χ0v) is 9.20. The Hall–Kier alpha value is -2.19. The maximum atomic E-state index is 10.5. The molecule has 18 heavy (non-hydrogen) atoms. The van der Waals surface area contributed by atoms with Crippen LogP contribution in [0.25, 0.3) is 0 Å². The maximum absolute atomic E-state index is 10.5. The van der Waals surface area contributed by atoms with Crippen LogP contribution in [-0.4, -0.2) is 45.7 Å². The van der Waals surface area contributed by atoms with Crippen LogP contribution in [0.3, 0.4) is 0 Å². The van der Waals surface area contributed by atoms with Gasteiger partial charge in [-0.2, -0.15) is 0 Å². The van der Waals surface area contributed by atoms with Gasteiger partial charge in [0.25, 0.3) is 5.79 Å². The first-order valence-corrected chi connectivity index (χ1v) is 5.06. The van der Waals surface area contributed by atoms with Gasteiger partial charge in [0.2, 0.25) is 0 Å². The first kappa shape index (κ1) is 13.9. The summed E-state index contributed by atoms with van der Waals surface area (Å²) in [5.74, 6) is -1.78. The summed E-state index contributed by atoms with van der Waals surface area (Å²) < 4.78 is 13.4. The minimum Gasteiger partial charge on any atom is -0.450 e. The molecule has 0 atom stereocenters. The molecule has 0 unspecified atom stereocenters. The van der Waals surface area contributed by atoms with Crippen LogP contribution in [-0.2, 0) is 14.2 Å². The predicted octanol–water partition coefficient (Wildman–Crippen LogP) is 1.71. The Balaban J connectivity index is 2.63. The zero-order chi connectivity index (χ0) is 13.8.